The molecular weight excluding hydrogens is 499 g/mol. The first-order chi connectivity index (χ1) is 18.1. The van der Waals surface area contributed by atoms with E-state index < -0.39 is 23.7 Å². The number of aromatic nitrogens is 4. The molecule has 1 fully saturated rings. The van der Waals surface area contributed by atoms with E-state index in [4.69, 9.17) is 10.7 Å². The van der Waals surface area contributed by atoms with E-state index >= 15 is 0 Å². The summed E-state index contributed by atoms with van der Waals surface area (Å²) in [5.41, 5.74) is 6.62. The molecular formula is C26H22F3N7O2. The highest BCUT2D eigenvalue weighted by molar-refractivity contribution is 6.04. The number of carbonyl (C=O) groups is 2. The van der Waals surface area contributed by atoms with Gasteiger partial charge in [0.15, 0.2) is 0 Å². The molecule has 194 valence electrons. The van der Waals surface area contributed by atoms with Crippen LogP contribution in [0.15, 0.2) is 73.2 Å². The zero-order valence-electron chi connectivity index (χ0n) is 19.9. The number of rotatable bonds is 5. The Morgan fingerprint density at radius 2 is 1.84 bits per heavy atom. The van der Waals surface area contributed by atoms with Crippen molar-refractivity contribution < 1.29 is 22.8 Å². The zero-order valence-corrected chi connectivity index (χ0v) is 19.9. The van der Waals surface area contributed by atoms with Gasteiger partial charge < -0.3 is 16.0 Å². The molecule has 12 heteroatoms. The Morgan fingerprint density at radius 1 is 1.08 bits per heavy atom. The van der Waals surface area contributed by atoms with E-state index in [2.05, 4.69) is 21.9 Å². The van der Waals surface area contributed by atoms with Crippen LogP contribution in [0.5, 0.6) is 0 Å². The van der Waals surface area contributed by atoms with E-state index in [0.29, 0.717) is 46.8 Å². The van der Waals surface area contributed by atoms with Gasteiger partial charge in [0.1, 0.15) is 34.2 Å². The van der Waals surface area contributed by atoms with Crippen LogP contribution in [0.25, 0.3) is 16.8 Å². The van der Waals surface area contributed by atoms with E-state index in [1.54, 1.807) is 59.3 Å². The van der Waals surface area contributed by atoms with Gasteiger partial charge in [-0.1, -0.05) is 24.8 Å². The smallest absolute Gasteiger partial charge is 0.382 e. The van der Waals surface area contributed by atoms with Crippen molar-refractivity contribution >= 4 is 29.0 Å². The Hall–Kier alpha value is -4.74. The van der Waals surface area contributed by atoms with Gasteiger partial charge in [0.25, 0.3) is 11.8 Å². The van der Waals surface area contributed by atoms with Crippen LogP contribution in [0.1, 0.15) is 35.1 Å². The van der Waals surface area contributed by atoms with E-state index in [9.17, 15) is 22.8 Å². The predicted octanol–water partition coefficient (Wildman–Crippen LogP) is 4.41. The lowest BCUT2D eigenvalue weighted by molar-refractivity contribution is -0.140. The fraction of sp³-hybridized carbons (Fsp3) is 0.192. The van der Waals surface area contributed by atoms with Crippen LogP contribution in [0.2, 0.25) is 0 Å². The van der Waals surface area contributed by atoms with Gasteiger partial charge in [0, 0.05) is 36.3 Å². The number of pyridine rings is 1. The first-order valence-corrected chi connectivity index (χ1v) is 11.7. The maximum atomic E-state index is 13.2. The molecule has 1 aromatic carbocycles. The van der Waals surface area contributed by atoms with Gasteiger partial charge in [0.05, 0.1) is 6.04 Å². The molecule has 0 radical (unpaired) electrons. The van der Waals surface area contributed by atoms with Crippen molar-refractivity contribution in [3.05, 3.63) is 84.6 Å². The number of fused-ring (bicyclic) bond motifs is 1. The molecule has 1 aliphatic rings. The zero-order chi connectivity index (χ0) is 27.0. The summed E-state index contributed by atoms with van der Waals surface area (Å²) < 4.78 is 41.2. The molecule has 2 amide bonds. The number of hydrogen-bond donors (Lipinski definition) is 2. The maximum absolute atomic E-state index is 13.2. The van der Waals surface area contributed by atoms with Crippen LogP contribution in [-0.4, -0.2) is 48.8 Å². The molecule has 5 rings (SSSR count). The third-order valence-electron chi connectivity index (χ3n) is 6.35. The van der Waals surface area contributed by atoms with Crippen LogP contribution >= 0.6 is 0 Å². The average Bonchev–Trinajstić information content (AvgIpc) is 3.54. The molecule has 3 aromatic heterocycles. The van der Waals surface area contributed by atoms with Crippen molar-refractivity contribution in [2.24, 2.45) is 0 Å². The molecule has 38 heavy (non-hydrogen) atoms. The molecule has 1 aliphatic heterocycles. The second-order valence-electron chi connectivity index (χ2n) is 8.73. The Labute approximate surface area is 214 Å². The summed E-state index contributed by atoms with van der Waals surface area (Å²) in [5.74, 6) is -0.592. The lowest BCUT2D eigenvalue weighted by Crippen LogP contribution is -2.36. The third kappa shape index (κ3) is 4.56. The highest BCUT2D eigenvalue weighted by Gasteiger charge is 2.43. The second kappa shape index (κ2) is 9.61. The van der Waals surface area contributed by atoms with Crippen molar-refractivity contribution in [1.29, 1.82) is 0 Å². The van der Waals surface area contributed by atoms with Crippen LogP contribution < -0.4 is 11.1 Å². The van der Waals surface area contributed by atoms with Gasteiger partial charge in [-0.25, -0.2) is 15.0 Å². The lowest BCUT2D eigenvalue weighted by atomic mass is 10.1. The number of nitrogens with zero attached hydrogens (tertiary/aromatic N) is 5. The molecule has 0 aliphatic carbocycles. The number of anilines is 2. The summed E-state index contributed by atoms with van der Waals surface area (Å²) in [6.45, 7) is 3.11. The number of carbonyl (C=O) groups excluding carboxylic acids is 2. The highest BCUT2D eigenvalue weighted by Crippen LogP contribution is 2.38. The molecule has 0 saturated carbocycles. The van der Waals surface area contributed by atoms with Crippen molar-refractivity contribution in [1.82, 2.24) is 24.3 Å². The van der Waals surface area contributed by atoms with Crippen molar-refractivity contribution in [2.45, 2.75) is 25.1 Å². The average molecular weight is 522 g/mol. The van der Waals surface area contributed by atoms with Gasteiger partial charge in [-0.2, -0.15) is 13.2 Å². The standard InChI is InChI=1S/C26H22F3N7O2/c1-15(26(27,28)29)25(38)35-13-4-5-18(35)23-34-20(21-22(30)32-12-14-36(21)23)16-7-9-17(10-8-16)24(37)33-19-6-2-3-11-31-19/h2-3,6-12,14,18H,1,4-5,13H2,(H2,30,32)(H,31,33,37)/t18-/m0/s1. The van der Waals surface area contributed by atoms with Crippen LogP contribution in [0, 0.1) is 0 Å². The summed E-state index contributed by atoms with van der Waals surface area (Å²) in [7, 11) is 0. The van der Waals surface area contributed by atoms with Crippen LogP contribution in [0.4, 0.5) is 24.8 Å². The fourth-order valence-corrected chi connectivity index (χ4v) is 4.50. The van der Waals surface area contributed by atoms with Gasteiger partial charge >= 0.3 is 6.18 Å². The topological polar surface area (TPSA) is 119 Å². The number of nitrogens with two attached hydrogens (primary N) is 1. The largest absolute Gasteiger partial charge is 0.421 e. The number of benzene rings is 1. The number of nitrogens with one attached hydrogen (secondary N) is 1. The molecule has 0 spiro atoms. The minimum atomic E-state index is -4.83. The van der Waals surface area contributed by atoms with Crippen molar-refractivity contribution in [2.75, 3.05) is 17.6 Å². The monoisotopic (exact) mass is 521 g/mol. The lowest BCUT2D eigenvalue weighted by Gasteiger charge is -2.25. The maximum Gasteiger partial charge on any atom is 0.421 e. The summed E-state index contributed by atoms with van der Waals surface area (Å²) >= 11 is 0. The summed E-state index contributed by atoms with van der Waals surface area (Å²) in [6, 6.07) is 11.1. The minimum absolute atomic E-state index is 0.142. The normalized spacial score (nSPS) is 15.6. The predicted molar refractivity (Wildman–Crippen MR) is 134 cm³/mol. The van der Waals surface area contributed by atoms with Gasteiger partial charge in [-0.3, -0.25) is 14.0 Å². The summed E-state index contributed by atoms with van der Waals surface area (Å²) in [5, 5.41) is 2.71. The molecule has 0 unspecified atom stereocenters. The number of hydrogen-bond acceptors (Lipinski definition) is 6. The Morgan fingerprint density at radius 3 is 2.53 bits per heavy atom. The third-order valence-corrected chi connectivity index (χ3v) is 6.35. The van der Waals surface area contributed by atoms with Crippen LogP contribution in [0.3, 0.4) is 0 Å². The first kappa shape index (κ1) is 24.9. The Kier molecular flexibility index (Phi) is 6.31. The fourth-order valence-electron chi connectivity index (χ4n) is 4.50. The van der Waals surface area contributed by atoms with E-state index in [0.717, 1.165) is 4.90 Å². The first-order valence-electron chi connectivity index (χ1n) is 11.7. The van der Waals surface area contributed by atoms with E-state index in [1.165, 1.54) is 6.20 Å². The van der Waals surface area contributed by atoms with Crippen LogP contribution in [-0.2, 0) is 4.79 Å². The number of nitrogen functional groups attached to an aromatic ring is 1. The summed E-state index contributed by atoms with van der Waals surface area (Å²) in [6.07, 6.45) is 0.722. The summed E-state index contributed by atoms with van der Waals surface area (Å²) in [4.78, 5) is 39.4. The minimum Gasteiger partial charge on any atom is -0.382 e. The van der Waals surface area contributed by atoms with Crippen molar-refractivity contribution in [3.8, 4) is 11.3 Å². The number of likely N-dealkylation sites (tertiary alicyclic amines) is 1. The second-order valence-corrected chi connectivity index (χ2v) is 8.73. The number of amides is 2. The molecule has 9 nitrogen and oxygen atoms in total. The highest BCUT2D eigenvalue weighted by atomic mass is 19.4. The molecule has 4 aromatic rings. The number of halogens is 3. The quantitative estimate of drug-likeness (QED) is 0.376. The molecule has 3 N–H and O–H groups in total. The Balaban J connectivity index is 1.49. The SMILES string of the molecule is C=C(C(=O)N1CCC[C@H]1c1nc(-c2ccc(C(=O)Nc3ccccn3)cc2)c2c(N)nccn12)C(F)(F)F. The van der Waals surface area contributed by atoms with Gasteiger partial charge in [0.2, 0.25) is 0 Å². The number of alkyl halides is 3. The van der Waals surface area contributed by atoms with Gasteiger partial charge in [-0.15, -0.1) is 0 Å². The van der Waals surface area contributed by atoms with E-state index in [-0.39, 0.29) is 18.3 Å². The molecule has 4 heterocycles. The Bertz CT molecular complexity index is 1530. The molecule has 0 bridgehead atoms. The number of imidazole rings is 1. The van der Waals surface area contributed by atoms with E-state index in [1.807, 2.05) is 0 Å². The van der Waals surface area contributed by atoms with Gasteiger partial charge in [-0.05, 0) is 37.1 Å². The molecule has 1 saturated heterocycles. The van der Waals surface area contributed by atoms with Crippen molar-refractivity contribution in [3.63, 3.8) is 0 Å². The molecule has 1 atom stereocenters.